The van der Waals surface area contributed by atoms with Gasteiger partial charge in [0.1, 0.15) is 5.03 Å². The second kappa shape index (κ2) is 8.75. The maximum absolute atomic E-state index is 12.6. The number of rotatable bonds is 7. The van der Waals surface area contributed by atoms with Crippen LogP contribution < -0.4 is 5.32 Å². The van der Waals surface area contributed by atoms with Gasteiger partial charge in [-0.15, -0.1) is 0 Å². The zero-order valence-electron chi connectivity index (χ0n) is 13.4. The lowest BCUT2D eigenvalue weighted by Gasteiger charge is -2.25. The summed E-state index contributed by atoms with van der Waals surface area (Å²) in [5.41, 5.74) is 1.23. The summed E-state index contributed by atoms with van der Waals surface area (Å²) in [6.07, 6.45) is 1.40. The van der Waals surface area contributed by atoms with Gasteiger partial charge < -0.3 is 10.2 Å². The van der Waals surface area contributed by atoms with E-state index in [2.05, 4.69) is 10.3 Å². The third kappa shape index (κ3) is 5.01. The minimum Gasteiger partial charge on any atom is -0.350 e. The average molecular weight is 351 g/mol. The van der Waals surface area contributed by atoms with Crippen LogP contribution in [0, 0.1) is 0 Å². The van der Waals surface area contributed by atoms with Gasteiger partial charge in [-0.2, -0.15) is 8.78 Å². The topological polar surface area (TPSA) is 45.2 Å². The summed E-state index contributed by atoms with van der Waals surface area (Å²) in [5, 5.41) is 2.85. The third-order valence-corrected chi connectivity index (χ3v) is 4.21. The van der Waals surface area contributed by atoms with E-state index in [-0.39, 0.29) is 28.4 Å². The first-order valence-electron chi connectivity index (χ1n) is 7.38. The van der Waals surface area contributed by atoms with E-state index in [9.17, 15) is 13.6 Å². The molecule has 0 aliphatic carbocycles. The van der Waals surface area contributed by atoms with Gasteiger partial charge in [-0.25, -0.2) is 4.98 Å². The van der Waals surface area contributed by atoms with Crippen LogP contribution in [0.5, 0.6) is 0 Å². The number of aromatic nitrogens is 1. The van der Waals surface area contributed by atoms with Crippen molar-refractivity contribution >= 4 is 17.7 Å². The number of hydrogen-bond acceptors (Lipinski definition) is 4. The number of benzene rings is 1. The van der Waals surface area contributed by atoms with E-state index in [1.54, 1.807) is 6.07 Å². The molecule has 1 N–H and O–H groups in total. The molecule has 1 atom stereocenters. The molecule has 1 heterocycles. The van der Waals surface area contributed by atoms with Crippen LogP contribution >= 0.6 is 11.8 Å². The van der Waals surface area contributed by atoms with Crippen LogP contribution in [-0.4, -0.2) is 42.2 Å². The molecule has 0 aliphatic rings. The fraction of sp³-hybridized carbons (Fsp3) is 0.294. The van der Waals surface area contributed by atoms with E-state index >= 15 is 0 Å². The molecular formula is C17H19F2N3OS. The van der Waals surface area contributed by atoms with Crippen molar-refractivity contribution in [2.24, 2.45) is 0 Å². The molecule has 0 spiro atoms. The van der Waals surface area contributed by atoms with Crippen molar-refractivity contribution in [3.8, 4) is 0 Å². The van der Waals surface area contributed by atoms with Crippen molar-refractivity contribution in [1.82, 2.24) is 15.2 Å². The first-order valence-corrected chi connectivity index (χ1v) is 8.26. The van der Waals surface area contributed by atoms with Gasteiger partial charge in [-0.05, 0) is 43.6 Å². The third-order valence-electron chi connectivity index (χ3n) is 3.48. The zero-order valence-corrected chi connectivity index (χ0v) is 14.3. The zero-order chi connectivity index (χ0) is 17.5. The Morgan fingerprint density at radius 2 is 1.92 bits per heavy atom. The van der Waals surface area contributed by atoms with Crippen molar-refractivity contribution in [1.29, 1.82) is 0 Å². The highest BCUT2D eigenvalue weighted by molar-refractivity contribution is 7.99. The molecule has 0 fully saturated rings. The summed E-state index contributed by atoms with van der Waals surface area (Å²) >= 11 is 0.275. The molecule has 24 heavy (non-hydrogen) atoms. The van der Waals surface area contributed by atoms with Gasteiger partial charge in [0.05, 0.1) is 11.6 Å². The number of pyridine rings is 1. The number of hydrogen-bond donors (Lipinski definition) is 1. The highest BCUT2D eigenvalue weighted by atomic mass is 32.2. The summed E-state index contributed by atoms with van der Waals surface area (Å²) in [5.74, 6) is -3.03. The number of carbonyl (C=O) groups is 1. The van der Waals surface area contributed by atoms with Gasteiger partial charge in [0, 0.05) is 12.7 Å². The maximum Gasteiger partial charge on any atom is 0.290 e. The van der Waals surface area contributed by atoms with E-state index in [4.69, 9.17) is 0 Å². The summed E-state index contributed by atoms with van der Waals surface area (Å²) in [6.45, 7) is 0.365. The lowest BCUT2D eigenvalue weighted by molar-refractivity contribution is 0.0938. The van der Waals surface area contributed by atoms with Crippen molar-refractivity contribution in [2.75, 3.05) is 20.6 Å². The van der Waals surface area contributed by atoms with Crippen molar-refractivity contribution in [3.63, 3.8) is 0 Å². The second-order valence-electron chi connectivity index (χ2n) is 5.33. The molecule has 0 saturated heterocycles. The predicted octanol–water partition coefficient (Wildman–Crippen LogP) is 3.43. The predicted molar refractivity (Wildman–Crippen MR) is 91.3 cm³/mol. The molecule has 0 radical (unpaired) electrons. The fourth-order valence-electron chi connectivity index (χ4n) is 2.30. The smallest absolute Gasteiger partial charge is 0.290 e. The standard InChI is InChI=1S/C17H19F2N3OS/c1-22(2)14(12-7-4-3-5-8-12)11-21-15(23)13-9-6-10-20-16(13)24-17(18)19/h3-10,14,17H,11H2,1-2H3,(H,21,23). The van der Waals surface area contributed by atoms with Crippen LogP contribution in [0.2, 0.25) is 0 Å². The number of thioether (sulfide) groups is 1. The number of halogens is 2. The Kier molecular flexibility index (Phi) is 6.69. The monoisotopic (exact) mass is 351 g/mol. The van der Waals surface area contributed by atoms with E-state index < -0.39 is 11.7 Å². The minimum atomic E-state index is -2.62. The lowest BCUT2D eigenvalue weighted by Crippen LogP contribution is -2.34. The summed E-state index contributed by atoms with van der Waals surface area (Å²) < 4.78 is 25.2. The summed E-state index contributed by atoms with van der Waals surface area (Å²) in [6, 6.07) is 12.8. The van der Waals surface area contributed by atoms with Crippen molar-refractivity contribution < 1.29 is 13.6 Å². The van der Waals surface area contributed by atoms with Crippen LogP contribution in [0.15, 0.2) is 53.7 Å². The molecule has 1 unspecified atom stereocenters. The molecule has 7 heteroatoms. The molecule has 1 aromatic carbocycles. The summed E-state index contributed by atoms with van der Waals surface area (Å²) in [4.78, 5) is 18.2. The fourth-order valence-corrected chi connectivity index (χ4v) is 2.88. The number of nitrogens with zero attached hydrogens (tertiary/aromatic N) is 2. The highest BCUT2D eigenvalue weighted by Crippen LogP contribution is 2.26. The maximum atomic E-state index is 12.6. The van der Waals surface area contributed by atoms with E-state index in [0.29, 0.717) is 6.54 Å². The Hall–Kier alpha value is -1.99. The quantitative estimate of drug-likeness (QED) is 0.777. The van der Waals surface area contributed by atoms with Crippen LogP contribution in [0.4, 0.5) is 8.78 Å². The molecule has 2 rings (SSSR count). The molecule has 1 aromatic heterocycles. The van der Waals surface area contributed by atoms with Gasteiger partial charge in [0.25, 0.3) is 11.7 Å². The van der Waals surface area contributed by atoms with Gasteiger partial charge >= 0.3 is 0 Å². The van der Waals surface area contributed by atoms with Crippen LogP contribution in [0.3, 0.4) is 0 Å². The minimum absolute atomic E-state index is 0.0157. The Labute approximate surface area is 144 Å². The van der Waals surface area contributed by atoms with Gasteiger partial charge in [-0.3, -0.25) is 4.79 Å². The number of amides is 1. The van der Waals surface area contributed by atoms with E-state index in [1.807, 2.05) is 49.3 Å². The largest absolute Gasteiger partial charge is 0.350 e. The molecule has 0 saturated carbocycles. The second-order valence-corrected chi connectivity index (χ2v) is 6.31. The van der Waals surface area contributed by atoms with Crippen LogP contribution in [0.1, 0.15) is 22.0 Å². The first kappa shape index (κ1) is 18.4. The average Bonchev–Trinajstić information content (AvgIpc) is 2.55. The van der Waals surface area contributed by atoms with E-state index in [0.717, 1.165) is 5.56 Å². The normalized spacial score (nSPS) is 12.4. The SMILES string of the molecule is CN(C)C(CNC(=O)c1cccnc1SC(F)F)c1ccccc1. The van der Waals surface area contributed by atoms with Crippen molar-refractivity contribution in [2.45, 2.75) is 16.8 Å². The van der Waals surface area contributed by atoms with Gasteiger partial charge in [-0.1, -0.05) is 30.3 Å². The number of carbonyl (C=O) groups excluding carboxylic acids is 1. The first-order chi connectivity index (χ1) is 11.5. The molecule has 2 aromatic rings. The Morgan fingerprint density at radius 3 is 2.54 bits per heavy atom. The van der Waals surface area contributed by atoms with Crippen molar-refractivity contribution in [3.05, 3.63) is 59.8 Å². The molecule has 4 nitrogen and oxygen atoms in total. The van der Waals surface area contributed by atoms with E-state index in [1.165, 1.54) is 12.3 Å². The Bertz CT molecular complexity index is 668. The molecule has 0 bridgehead atoms. The lowest BCUT2D eigenvalue weighted by atomic mass is 10.1. The molecule has 1 amide bonds. The van der Waals surface area contributed by atoms with Gasteiger partial charge in [0.15, 0.2) is 0 Å². The Balaban J connectivity index is 2.09. The molecule has 128 valence electrons. The van der Waals surface area contributed by atoms with Crippen LogP contribution in [-0.2, 0) is 0 Å². The Morgan fingerprint density at radius 1 is 1.21 bits per heavy atom. The number of nitrogens with one attached hydrogen (secondary N) is 1. The summed E-state index contributed by atoms with van der Waals surface area (Å²) in [7, 11) is 3.85. The number of likely N-dealkylation sites (N-methyl/N-ethyl adjacent to an activating group) is 1. The molecule has 0 aliphatic heterocycles. The number of alkyl halides is 2. The molecular weight excluding hydrogens is 332 g/mol. The van der Waals surface area contributed by atoms with Crippen LogP contribution in [0.25, 0.3) is 0 Å². The highest BCUT2D eigenvalue weighted by Gasteiger charge is 2.19. The van der Waals surface area contributed by atoms with Gasteiger partial charge in [0.2, 0.25) is 0 Å².